The Morgan fingerprint density at radius 3 is 2.33 bits per heavy atom. The summed E-state index contributed by atoms with van der Waals surface area (Å²) in [5.41, 5.74) is 0.595. The third kappa shape index (κ3) is 4.43. The highest BCUT2D eigenvalue weighted by molar-refractivity contribution is 7.09. The van der Waals surface area contributed by atoms with Crippen molar-refractivity contribution in [3.05, 3.63) is 16.1 Å². The van der Waals surface area contributed by atoms with Gasteiger partial charge in [-0.25, -0.2) is 4.98 Å². The lowest BCUT2D eigenvalue weighted by Crippen LogP contribution is -2.43. The second kappa shape index (κ2) is 9.01. The van der Waals surface area contributed by atoms with Crippen molar-refractivity contribution in [2.24, 2.45) is 22.7 Å². The first-order valence-electron chi connectivity index (χ1n) is 12.3. The number of aromatic nitrogens is 1. The summed E-state index contributed by atoms with van der Waals surface area (Å²) in [5, 5.41) is 2.83. The molecule has 3 fully saturated rings. The Hall–Kier alpha value is -1.96. The minimum Gasteiger partial charge on any atom is -0.466 e. The fraction of sp³-hybridized carbons (Fsp3) is 0.760. The van der Waals surface area contributed by atoms with Gasteiger partial charge in [0, 0.05) is 43.4 Å². The fourth-order valence-electron chi connectivity index (χ4n) is 5.69. The molecule has 1 aromatic rings. The second-order valence-corrected chi connectivity index (χ2v) is 11.8. The molecule has 2 amide bonds. The van der Waals surface area contributed by atoms with E-state index >= 15 is 0 Å². The first kappa shape index (κ1) is 24.2. The Kier molecular flexibility index (Phi) is 6.60. The smallest absolute Gasteiger partial charge is 0.310 e. The lowest BCUT2D eigenvalue weighted by molar-refractivity contribution is -0.149. The van der Waals surface area contributed by atoms with Crippen LogP contribution in [0.1, 0.15) is 81.7 Å². The van der Waals surface area contributed by atoms with Gasteiger partial charge in [0.2, 0.25) is 5.91 Å². The first-order chi connectivity index (χ1) is 15.6. The number of hydrogen-bond donors (Lipinski definition) is 0. The summed E-state index contributed by atoms with van der Waals surface area (Å²) >= 11 is 1.54. The SMILES string of the molecule is CCOC(=O)C1CCCN(C(=O)c2csc(C3CCN(C(=O)C4C(C)(C)C4(C)C)CC3)n2)C1. The molecule has 4 rings (SSSR count). The zero-order valence-electron chi connectivity index (χ0n) is 20.6. The first-order valence-corrected chi connectivity index (χ1v) is 13.2. The van der Waals surface area contributed by atoms with E-state index in [9.17, 15) is 14.4 Å². The number of carbonyl (C=O) groups excluding carboxylic acids is 3. The van der Waals surface area contributed by atoms with Crippen molar-refractivity contribution in [2.45, 2.75) is 66.2 Å². The number of esters is 1. The molecular formula is C25H37N3O4S. The maximum atomic E-state index is 13.0. The van der Waals surface area contributed by atoms with Gasteiger partial charge in [-0.05, 0) is 43.4 Å². The van der Waals surface area contributed by atoms with Crippen LogP contribution in [0.2, 0.25) is 0 Å². The van der Waals surface area contributed by atoms with E-state index in [-0.39, 0.29) is 40.5 Å². The van der Waals surface area contributed by atoms with E-state index in [1.165, 1.54) is 11.3 Å². The van der Waals surface area contributed by atoms with E-state index in [0.717, 1.165) is 43.8 Å². The van der Waals surface area contributed by atoms with E-state index in [0.29, 0.717) is 31.3 Å². The molecule has 1 aliphatic carbocycles. The normalized spacial score (nSPS) is 25.1. The van der Waals surface area contributed by atoms with E-state index in [1.54, 1.807) is 11.8 Å². The van der Waals surface area contributed by atoms with Gasteiger partial charge in [0.25, 0.3) is 5.91 Å². The Morgan fingerprint density at radius 1 is 1.06 bits per heavy atom. The van der Waals surface area contributed by atoms with Gasteiger partial charge in [-0.15, -0.1) is 11.3 Å². The van der Waals surface area contributed by atoms with E-state index in [4.69, 9.17) is 4.74 Å². The van der Waals surface area contributed by atoms with Crippen LogP contribution in [0.3, 0.4) is 0 Å². The molecule has 0 radical (unpaired) electrons. The van der Waals surface area contributed by atoms with Crippen LogP contribution in [0.4, 0.5) is 0 Å². The zero-order chi connectivity index (χ0) is 24.0. The molecule has 182 valence electrons. The Labute approximate surface area is 200 Å². The molecule has 3 heterocycles. The molecule has 3 aliphatic rings. The highest BCUT2D eigenvalue weighted by Gasteiger charge is 2.68. The summed E-state index contributed by atoms with van der Waals surface area (Å²) in [7, 11) is 0. The minimum atomic E-state index is -0.246. The average Bonchev–Trinajstić information content (AvgIpc) is 3.12. The quantitative estimate of drug-likeness (QED) is 0.603. The van der Waals surface area contributed by atoms with Crippen molar-refractivity contribution in [2.75, 3.05) is 32.8 Å². The van der Waals surface area contributed by atoms with Gasteiger partial charge in [0.05, 0.1) is 17.5 Å². The number of likely N-dealkylation sites (tertiary alicyclic amines) is 2. The number of nitrogens with zero attached hydrogens (tertiary/aromatic N) is 3. The van der Waals surface area contributed by atoms with Gasteiger partial charge in [0.1, 0.15) is 5.69 Å². The maximum Gasteiger partial charge on any atom is 0.310 e. The molecule has 2 saturated heterocycles. The van der Waals surface area contributed by atoms with Crippen molar-refractivity contribution < 1.29 is 19.1 Å². The summed E-state index contributed by atoms with van der Waals surface area (Å²) < 4.78 is 5.15. The van der Waals surface area contributed by atoms with Crippen LogP contribution in [0.5, 0.6) is 0 Å². The van der Waals surface area contributed by atoms with Crippen molar-refractivity contribution in [1.82, 2.24) is 14.8 Å². The number of ether oxygens (including phenoxy) is 1. The number of piperidine rings is 2. The third-order valence-corrected chi connectivity index (χ3v) is 9.50. The van der Waals surface area contributed by atoms with Gasteiger partial charge in [-0.2, -0.15) is 0 Å². The second-order valence-electron chi connectivity index (χ2n) is 10.9. The van der Waals surface area contributed by atoms with Crippen LogP contribution in [0, 0.1) is 22.7 Å². The topological polar surface area (TPSA) is 79.8 Å². The average molecular weight is 476 g/mol. The molecule has 1 atom stereocenters. The van der Waals surface area contributed by atoms with E-state index in [2.05, 4.69) is 32.7 Å². The molecular weight excluding hydrogens is 438 g/mol. The lowest BCUT2D eigenvalue weighted by Gasteiger charge is -2.32. The highest BCUT2D eigenvalue weighted by atomic mass is 32.1. The molecule has 2 aliphatic heterocycles. The molecule has 1 saturated carbocycles. The number of carbonyl (C=O) groups is 3. The van der Waals surface area contributed by atoms with Crippen molar-refractivity contribution in [3.8, 4) is 0 Å². The van der Waals surface area contributed by atoms with Crippen molar-refractivity contribution in [1.29, 1.82) is 0 Å². The number of hydrogen-bond acceptors (Lipinski definition) is 6. The molecule has 8 heteroatoms. The molecule has 1 aromatic heterocycles. The predicted molar refractivity (Wildman–Crippen MR) is 127 cm³/mol. The summed E-state index contributed by atoms with van der Waals surface area (Å²) in [5.74, 6) is 0.123. The maximum absolute atomic E-state index is 13.0. The molecule has 0 N–H and O–H groups in total. The Balaban J connectivity index is 1.32. The van der Waals surface area contributed by atoms with E-state index < -0.39 is 0 Å². The standard InChI is InChI=1S/C25H37N3O4S/c1-6-32-23(31)17-8-7-11-28(14-17)21(29)18-15-33-20(26-18)16-9-12-27(13-10-16)22(30)19-24(2,3)25(19,4)5/h15-17,19H,6-14H2,1-5H3. The largest absolute Gasteiger partial charge is 0.466 e. The van der Waals surface area contributed by atoms with Crippen LogP contribution >= 0.6 is 11.3 Å². The number of rotatable bonds is 5. The molecule has 0 spiro atoms. The Morgan fingerprint density at radius 2 is 1.73 bits per heavy atom. The van der Waals surface area contributed by atoms with Crippen LogP contribution in [-0.4, -0.2) is 65.4 Å². The van der Waals surface area contributed by atoms with Gasteiger partial charge in [-0.1, -0.05) is 27.7 Å². The summed E-state index contributed by atoms with van der Waals surface area (Å²) in [6.07, 6.45) is 3.33. The predicted octanol–water partition coefficient (Wildman–Crippen LogP) is 3.95. The van der Waals surface area contributed by atoms with Gasteiger partial charge in [0.15, 0.2) is 0 Å². The molecule has 33 heavy (non-hydrogen) atoms. The molecule has 1 unspecified atom stereocenters. The monoisotopic (exact) mass is 475 g/mol. The molecule has 0 bridgehead atoms. The van der Waals surface area contributed by atoms with Gasteiger partial charge >= 0.3 is 5.97 Å². The summed E-state index contributed by atoms with van der Waals surface area (Å²) in [4.78, 5) is 46.6. The van der Waals surface area contributed by atoms with Crippen LogP contribution < -0.4 is 0 Å². The molecule has 7 nitrogen and oxygen atoms in total. The van der Waals surface area contributed by atoms with Gasteiger partial charge < -0.3 is 14.5 Å². The van der Waals surface area contributed by atoms with Crippen molar-refractivity contribution in [3.63, 3.8) is 0 Å². The highest BCUT2D eigenvalue weighted by Crippen LogP contribution is 2.68. The minimum absolute atomic E-state index is 0.0617. The van der Waals surface area contributed by atoms with Crippen LogP contribution in [0.15, 0.2) is 5.38 Å². The summed E-state index contributed by atoms with van der Waals surface area (Å²) in [6.45, 7) is 13.5. The van der Waals surface area contributed by atoms with Crippen LogP contribution in [0.25, 0.3) is 0 Å². The van der Waals surface area contributed by atoms with E-state index in [1.807, 2.05) is 10.3 Å². The number of thiazole rings is 1. The molecule has 0 aromatic carbocycles. The third-order valence-electron chi connectivity index (χ3n) is 8.49. The van der Waals surface area contributed by atoms with Crippen molar-refractivity contribution >= 4 is 29.1 Å². The van der Waals surface area contributed by atoms with Crippen LogP contribution in [-0.2, 0) is 14.3 Å². The lowest BCUT2D eigenvalue weighted by atomic mass is 9.96. The van der Waals surface area contributed by atoms with Gasteiger partial charge in [-0.3, -0.25) is 14.4 Å². The Bertz CT molecular complexity index is 903. The zero-order valence-corrected chi connectivity index (χ0v) is 21.4. The number of amides is 2. The summed E-state index contributed by atoms with van der Waals surface area (Å²) in [6, 6.07) is 0. The fourth-order valence-corrected chi connectivity index (χ4v) is 6.66.